The molecule has 1 saturated carbocycles. The number of carbonyl (C=O) groups is 1. The van der Waals surface area contributed by atoms with Crippen molar-refractivity contribution < 1.29 is 9.90 Å². The maximum absolute atomic E-state index is 12.1. The predicted molar refractivity (Wildman–Crippen MR) is 98.3 cm³/mol. The molecule has 0 aromatic heterocycles. The molecule has 136 valence electrons. The summed E-state index contributed by atoms with van der Waals surface area (Å²) in [4.78, 5) is 16.7. The van der Waals surface area contributed by atoms with E-state index in [0.717, 1.165) is 25.6 Å². The van der Waals surface area contributed by atoms with Gasteiger partial charge in [-0.3, -0.25) is 9.69 Å². The van der Waals surface area contributed by atoms with Crippen LogP contribution in [-0.2, 0) is 4.79 Å². The Bertz CT molecular complexity index is 606. The fraction of sp³-hybridized carbons (Fsp3) is 0.667. The summed E-state index contributed by atoms with van der Waals surface area (Å²) in [5, 5.41) is 10.1. The van der Waals surface area contributed by atoms with Crippen LogP contribution in [0.1, 0.15) is 50.5 Å². The van der Waals surface area contributed by atoms with Crippen molar-refractivity contribution in [3.05, 3.63) is 35.9 Å². The quantitative estimate of drug-likeness (QED) is 0.895. The smallest absolute Gasteiger partial charge is 0.222 e. The second kappa shape index (κ2) is 6.73. The van der Waals surface area contributed by atoms with Gasteiger partial charge in [-0.05, 0) is 24.3 Å². The zero-order chi connectivity index (χ0) is 17.4. The minimum Gasteiger partial charge on any atom is -0.395 e. The lowest BCUT2D eigenvalue weighted by atomic mass is 9.60. The van der Waals surface area contributed by atoms with Crippen molar-refractivity contribution in [2.24, 2.45) is 5.92 Å². The Labute approximate surface area is 150 Å². The van der Waals surface area contributed by atoms with E-state index in [4.69, 9.17) is 0 Å². The van der Waals surface area contributed by atoms with E-state index in [1.165, 1.54) is 31.2 Å². The Hall–Kier alpha value is -1.39. The fourth-order valence-corrected chi connectivity index (χ4v) is 5.54. The number of benzene rings is 1. The molecule has 1 amide bonds. The van der Waals surface area contributed by atoms with Crippen molar-refractivity contribution in [3.8, 4) is 0 Å². The van der Waals surface area contributed by atoms with Crippen molar-refractivity contribution in [2.45, 2.75) is 56.5 Å². The molecule has 1 aromatic rings. The van der Waals surface area contributed by atoms with Crippen LogP contribution in [0.2, 0.25) is 0 Å². The van der Waals surface area contributed by atoms with Gasteiger partial charge in [0.2, 0.25) is 5.91 Å². The number of aliphatic hydroxyl groups is 1. The van der Waals surface area contributed by atoms with E-state index >= 15 is 0 Å². The van der Waals surface area contributed by atoms with Gasteiger partial charge in [-0.15, -0.1) is 0 Å². The Morgan fingerprint density at radius 3 is 2.48 bits per heavy atom. The van der Waals surface area contributed by atoms with E-state index in [9.17, 15) is 9.90 Å². The first kappa shape index (κ1) is 17.0. The highest BCUT2D eigenvalue weighted by atomic mass is 16.3. The summed E-state index contributed by atoms with van der Waals surface area (Å²) >= 11 is 0. The molecule has 1 N–H and O–H groups in total. The third kappa shape index (κ3) is 2.70. The normalized spacial score (nSPS) is 28.8. The zero-order valence-corrected chi connectivity index (χ0v) is 15.2. The van der Waals surface area contributed by atoms with E-state index in [2.05, 4.69) is 29.2 Å². The summed E-state index contributed by atoms with van der Waals surface area (Å²) in [5.41, 5.74) is 1.36. The van der Waals surface area contributed by atoms with Crippen LogP contribution in [-0.4, -0.2) is 58.6 Å². The van der Waals surface area contributed by atoms with Crippen LogP contribution in [0.4, 0.5) is 0 Å². The Morgan fingerprint density at radius 2 is 1.88 bits per heavy atom. The zero-order valence-electron chi connectivity index (χ0n) is 15.2. The van der Waals surface area contributed by atoms with Crippen LogP contribution in [0.25, 0.3) is 0 Å². The van der Waals surface area contributed by atoms with Gasteiger partial charge in [-0.2, -0.15) is 0 Å². The van der Waals surface area contributed by atoms with Gasteiger partial charge in [0.25, 0.3) is 0 Å². The lowest BCUT2D eigenvalue weighted by Crippen LogP contribution is -2.85. The minimum atomic E-state index is 0.0438. The number of rotatable bonds is 5. The predicted octanol–water partition coefficient (Wildman–Crippen LogP) is 2.63. The number of hydrogen-bond donors (Lipinski definition) is 1. The molecule has 2 atom stereocenters. The Morgan fingerprint density at radius 1 is 1.20 bits per heavy atom. The molecule has 25 heavy (non-hydrogen) atoms. The molecule has 3 fully saturated rings. The first-order valence-electron chi connectivity index (χ1n) is 9.90. The minimum absolute atomic E-state index is 0.0438. The lowest BCUT2D eigenvalue weighted by molar-refractivity contribution is -0.199. The van der Waals surface area contributed by atoms with Gasteiger partial charge in [-0.25, -0.2) is 0 Å². The standard InChI is InChI=1S/C21H30N2O2/c1-2-19(25)22-14-21(15-22)20(17-10-4-3-5-11-17)18(13-24)23(21)12-16-8-6-7-9-16/h3-5,10-11,16,18,20,24H,2,6-9,12-15H2,1H3/t18-,20-/m1/s1. The molecular weight excluding hydrogens is 312 g/mol. The number of aliphatic hydroxyl groups excluding tert-OH is 1. The molecule has 0 unspecified atom stereocenters. The van der Waals surface area contributed by atoms with Crippen LogP contribution in [0, 0.1) is 5.92 Å². The lowest BCUT2D eigenvalue weighted by Gasteiger charge is -2.71. The maximum Gasteiger partial charge on any atom is 0.222 e. The van der Waals surface area contributed by atoms with Crippen LogP contribution >= 0.6 is 0 Å². The topological polar surface area (TPSA) is 43.8 Å². The molecule has 4 rings (SSSR count). The summed E-state index contributed by atoms with van der Waals surface area (Å²) in [7, 11) is 0. The first-order valence-corrected chi connectivity index (χ1v) is 9.90. The molecule has 1 spiro atoms. The highest BCUT2D eigenvalue weighted by molar-refractivity contribution is 5.77. The van der Waals surface area contributed by atoms with Crippen molar-refractivity contribution >= 4 is 5.91 Å². The first-order chi connectivity index (χ1) is 12.2. The van der Waals surface area contributed by atoms with Crippen molar-refractivity contribution in [1.82, 2.24) is 9.80 Å². The van der Waals surface area contributed by atoms with Crippen LogP contribution < -0.4 is 0 Å². The van der Waals surface area contributed by atoms with E-state index in [-0.39, 0.29) is 24.1 Å². The van der Waals surface area contributed by atoms with Crippen LogP contribution in [0.15, 0.2) is 30.3 Å². The van der Waals surface area contributed by atoms with E-state index in [1.807, 2.05) is 17.9 Å². The second-order valence-electron chi connectivity index (χ2n) is 8.15. The number of hydrogen-bond acceptors (Lipinski definition) is 3. The third-order valence-corrected chi connectivity index (χ3v) is 6.80. The fourth-order valence-electron chi connectivity index (χ4n) is 5.54. The summed E-state index contributed by atoms with van der Waals surface area (Å²) in [5.74, 6) is 1.35. The molecule has 1 aromatic carbocycles. The van der Waals surface area contributed by atoms with Gasteiger partial charge in [0.15, 0.2) is 0 Å². The van der Waals surface area contributed by atoms with Gasteiger partial charge in [0.05, 0.1) is 12.1 Å². The van der Waals surface area contributed by atoms with E-state index in [1.54, 1.807) is 0 Å². The molecule has 2 aliphatic heterocycles. The van der Waals surface area contributed by atoms with Crippen molar-refractivity contribution in [3.63, 3.8) is 0 Å². The molecule has 2 saturated heterocycles. The molecular formula is C21H30N2O2. The number of likely N-dealkylation sites (tertiary alicyclic amines) is 2. The molecule has 4 heteroatoms. The number of carbonyl (C=O) groups excluding carboxylic acids is 1. The molecule has 0 radical (unpaired) electrons. The van der Waals surface area contributed by atoms with Crippen molar-refractivity contribution in [1.29, 1.82) is 0 Å². The average molecular weight is 342 g/mol. The van der Waals surface area contributed by atoms with E-state index in [0.29, 0.717) is 12.3 Å². The Kier molecular flexibility index (Phi) is 4.59. The second-order valence-corrected chi connectivity index (χ2v) is 8.15. The summed E-state index contributed by atoms with van der Waals surface area (Å²) in [6, 6.07) is 10.8. The van der Waals surface area contributed by atoms with Crippen LogP contribution in [0.5, 0.6) is 0 Å². The van der Waals surface area contributed by atoms with E-state index < -0.39 is 0 Å². The van der Waals surface area contributed by atoms with Gasteiger partial charge < -0.3 is 10.0 Å². The number of amides is 1. The molecule has 1 aliphatic carbocycles. The van der Waals surface area contributed by atoms with Gasteiger partial charge in [0, 0.05) is 38.0 Å². The van der Waals surface area contributed by atoms with Crippen molar-refractivity contribution in [2.75, 3.05) is 26.2 Å². The summed E-state index contributed by atoms with van der Waals surface area (Å²) < 4.78 is 0. The summed E-state index contributed by atoms with van der Waals surface area (Å²) in [6.07, 6.45) is 5.91. The van der Waals surface area contributed by atoms with Gasteiger partial charge >= 0.3 is 0 Å². The monoisotopic (exact) mass is 342 g/mol. The largest absolute Gasteiger partial charge is 0.395 e. The Balaban J connectivity index is 1.58. The van der Waals surface area contributed by atoms with Gasteiger partial charge in [0.1, 0.15) is 0 Å². The molecule has 3 aliphatic rings. The molecule has 4 nitrogen and oxygen atoms in total. The third-order valence-electron chi connectivity index (χ3n) is 6.80. The average Bonchev–Trinajstić information content (AvgIpc) is 3.11. The SMILES string of the molecule is CCC(=O)N1CC2(C1)[C@H](c1ccccc1)[C@@H](CO)N2CC1CCCC1. The highest BCUT2D eigenvalue weighted by Crippen LogP contribution is 2.54. The number of nitrogens with zero attached hydrogens (tertiary/aromatic N) is 2. The molecule has 0 bridgehead atoms. The highest BCUT2D eigenvalue weighted by Gasteiger charge is 2.66. The maximum atomic E-state index is 12.1. The van der Waals surface area contributed by atoms with Crippen LogP contribution in [0.3, 0.4) is 0 Å². The molecule has 2 heterocycles. The summed E-state index contributed by atoms with van der Waals surface area (Å²) in [6.45, 7) is 4.87. The van der Waals surface area contributed by atoms with Gasteiger partial charge in [-0.1, -0.05) is 50.1 Å².